The van der Waals surface area contributed by atoms with Crippen LogP contribution >= 0.6 is 11.3 Å². The van der Waals surface area contributed by atoms with Gasteiger partial charge in [0.15, 0.2) is 0 Å². The van der Waals surface area contributed by atoms with Gasteiger partial charge in [-0.1, -0.05) is 48.1 Å². The van der Waals surface area contributed by atoms with Gasteiger partial charge in [0.05, 0.1) is 0 Å². The molecule has 28 heavy (non-hydrogen) atoms. The Kier molecular flexibility index (Phi) is 5.13. The molecule has 1 amide bonds. The molecule has 1 aromatic carbocycles. The second-order valence-electron chi connectivity index (χ2n) is 7.40. The third kappa shape index (κ3) is 3.77. The van der Waals surface area contributed by atoms with Gasteiger partial charge in [-0.15, -0.1) is 5.10 Å². The van der Waals surface area contributed by atoms with E-state index in [-0.39, 0.29) is 5.56 Å². The maximum atomic E-state index is 12.8. The van der Waals surface area contributed by atoms with Gasteiger partial charge in [-0.05, 0) is 31.2 Å². The summed E-state index contributed by atoms with van der Waals surface area (Å²) in [5.41, 5.74) is 1.68. The lowest BCUT2D eigenvalue weighted by atomic mass is 10.00. The lowest BCUT2D eigenvalue weighted by molar-refractivity contribution is 0.0948. The fourth-order valence-corrected chi connectivity index (χ4v) is 4.27. The molecular weight excluding hydrogens is 374 g/mol. The largest absolute Gasteiger partial charge is 0.348 e. The highest BCUT2D eigenvalue weighted by atomic mass is 32.1. The summed E-state index contributed by atoms with van der Waals surface area (Å²) in [6, 6.07) is 7.88. The van der Waals surface area contributed by atoms with Gasteiger partial charge in [0, 0.05) is 25.8 Å². The minimum absolute atomic E-state index is 0.00858. The van der Waals surface area contributed by atoms with Crippen LogP contribution in [-0.4, -0.2) is 33.6 Å². The van der Waals surface area contributed by atoms with Crippen molar-refractivity contribution in [1.82, 2.24) is 19.9 Å². The van der Waals surface area contributed by atoms with Crippen LogP contribution in [0, 0.1) is 12.8 Å². The smallest absolute Gasteiger partial charge is 0.288 e. The Morgan fingerprint density at radius 2 is 2.11 bits per heavy atom. The summed E-state index contributed by atoms with van der Waals surface area (Å²) >= 11 is 1.39. The van der Waals surface area contributed by atoms with Crippen molar-refractivity contribution >= 4 is 27.3 Å². The van der Waals surface area contributed by atoms with Crippen molar-refractivity contribution in [3.63, 3.8) is 0 Å². The fourth-order valence-electron chi connectivity index (χ4n) is 3.36. The molecule has 1 saturated heterocycles. The van der Waals surface area contributed by atoms with Crippen LogP contribution in [0.25, 0.3) is 4.96 Å². The Morgan fingerprint density at radius 3 is 2.86 bits per heavy atom. The summed E-state index contributed by atoms with van der Waals surface area (Å²) in [5.74, 6) is 0.282. The Balaban J connectivity index is 1.53. The lowest BCUT2D eigenvalue weighted by Crippen LogP contribution is -2.33. The zero-order valence-corrected chi connectivity index (χ0v) is 16.8. The number of benzene rings is 1. The summed E-state index contributed by atoms with van der Waals surface area (Å²) in [5, 5.41) is 8.02. The molecule has 1 aliphatic rings. The number of hydrogen-bond acceptors (Lipinski definition) is 6. The summed E-state index contributed by atoms with van der Waals surface area (Å²) in [6.45, 7) is 6.47. The van der Waals surface area contributed by atoms with Gasteiger partial charge in [0.2, 0.25) is 10.1 Å². The molecule has 0 spiro atoms. The van der Waals surface area contributed by atoms with E-state index in [1.165, 1.54) is 22.0 Å². The number of rotatable bonds is 4. The van der Waals surface area contributed by atoms with Crippen LogP contribution in [0.15, 0.2) is 35.3 Å². The molecule has 0 unspecified atom stereocenters. The highest BCUT2D eigenvalue weighted by Crippen LogP contribution is 2.26. The molecule has 146 valence electrons. The topological polar surface area (TPSA) is 79.6 Å². The van der Waals surface area contributed by atoms with Crippen LogP contribution in [0.5, 0.6) is 0 Å². The Bertz CT molecular complexity index is 1070. The van der Waals surface area contributed by atoms with E-state index in [1.54, 1.807) is 0 Å². The second kappa shape index (κ2) is 7.71. The van der Waals surface area contributed by atoms with E-state index in [0.717, 1.165) is 48.1 Å². The van der Waals surface area contributed by atoms with Crippen molar-refractivity contribution in [3.8, 4) is 0 Å². The van der Waals surface area contributed by atoms with Gasteiger partial charge in [-0.2, -0.15) is 4.52 Å². The van der Waals surface area contributed by atoms with Gasteiger partial charge in [0.25, 0.3) is 11.5 Å². The quantitative estimate of drug-likeness (QED) is 0.732. The van der Waals surface area contributed by atoms with Crippen LogP contribution in [0.1, 0.15) is 41.3 Å². The number of anilines is 1. The van der Waals surface area contributed by atoms with E-state index < -0.39 is 11.5 Å². The molecule has 3 heterocycles. The molecule has 4 rings (SSSR count). The second-order valence-corrected chi connectivity index (χ2v) is 8.33. The molecule has 0 atom stereocenters. The minimum atomic E-state index is -0.435. The maximum absolute atomic E-state index is 12.8. The van der Waals surface area contributed by atoms with Gasteiger partial charge in [-0.25, -0.2) is 4.98 Å². The molecule has 1 N–H and O–H groups in total. The number of piperidine rings is 1. The third-order valence-electron chi connectivity index (χ3n) is 5.11. The summed E-state index contributed by atoms with van der Waals surface area (Å²) in [7, 11) is 0. The first-order valence-corrected chi connectivity index (χ1v) is 10.3. The van der Waals surface area contributed by atoms with Gasteiger partial charge in [0.1, 0.15) is 5.56 Å². The van der Waals surface area contributed by atoms with Crippen LogP contribution in [-0.2, 0) is 6.54 Å². The normalized spacial score (nSPS) is 15.1. The summed E-state index contributed by atoms with van der Waals surface area (Å²) in [6.07, 6.45) is 3.58. The lowest BCUT2D eigenvalue weighted by Gasteiger charge is -2.29. The number of aryl methyl sites for hydroxylation is 1. The Hall–Kier alpha value is -2.74. The summed E-state index contributed by atoms with van der Waals surface area (Å²) in [4.78, 5) is 32.3. The maximum Gasteiger partial charge on any atom is 0.288 e. The molecule has 2 aromatic heterocycles. The van der Waals surface area contributed by atoms with Crippen LogP contribution in [0.2, 0.25) is 0 Å². The van der Waals surface area contributed by atoms with Crippen molar-refractivity contribution in [2.75, 3.05) is 18.0 Å². The van der Waals surface area contributed by atoms with E-state index in [4.69, 9.17) is 0 Å². The van der Waals surface area contributed by atoms with Crippen molar-refractivity contribution in [1.29, 1.82) is 0 Å². The number of amides is 1. The Labute approximate surface area is 167 Å². The predicted molar refractivity (Wildman–Crippen MR) is 110 cm³/mol. The predicted octanol–water partition coefficient (Wildman–Crippen LogP) is 2.63. The molecule has 1 fully saturated rings. The monoisotopic (exact) mass is 397 g/mol. The fraction of sp³-hybridized carbons (Fsp3) is 0.400. The standard InChI is InChI=1S/C20H23N5O2S/c1-13-6-8-24(9-7-13)20-23-25-18(27)16(12-22-19(25)28-20)17(26)21-11-15-5-3-4-14(2)10-15/h3-5,10,12-13H,6-9,11H2,1-2H3,(H,21,26). The van der Waals surface area contributed by atoms with Crippen LogP contribution < -0.4 is 15.8 Å². The number of carbonyl (C=O) groups is 1. The number of fused-ring (bicyclic) bond motifs is 1. The average Bonchev–Trinajstić information content (AvgIpc) is 3.12. The highest BCUT2D eigenvalue weighted by Gasteiger charge is 2.21. The molecule has 8 heteroatoms. The van der Waals surface area contributed by atoms with Gasteiger partial charge >= 0.3 is 0 Å². The van der Waals surface area contributed by atoms with Crippen LogP contribution in [0.3, 0.4) is 0 Å². The number of aromatic nitrogens is 3. The van der Waals surface area contributed by atoms with Gasteiger partial charge < -0.3 is 10.2 Å². The molecule has 0 aliphatic carbocycles. The zero-order valence-electron chi connectivity index (χ0n) is 16.0. The van der Waals surface area contributed by atoms with Crippen molar-refractivity contribution < 1.29 is 4.79 Å². The van der Waals surface area contributed by atoms with E-state index >= 15 is 0 Å². The minimum Gasteiger partial charge on any atom is -0.348 e. The zero-order chi connectivity index (χ0) is 19.7. The Morgan fingerprint density at radius 1 is 1.32 bits per heavy atom. The van der Waals surface area contributed by atoms with E-state index in [2.05, 4.69) is 27.2 Å². The number of nitrogens with one attached hydrogen (secondary N) is 1. The number of nitrogens with zero attached hydrogens (tertiary/aromatic N) is 4. The number of hydrogen-bond donors (Lipinski definition) is 1. The molecule has 0 saturated carbocycles. The SMILES string of the molecule is Cc1cccc(CNC(=O)c2cnc3sc(N4CCC(C)CC4)nn3c2=O)c1. The van der Waals surface area contributed by atoms with Crippen molar-refractivity contribution in [2.24, 2.45) is 5.92 Å². The van der Waals surface area contributed by atoms with Gasteiger partial charge in [-0.3, -0.25) is 9.59 Å². The number of carbonyl (C=O) groups excluding carboxylic acids is 1. The van der Waals surface area contributed by atoms with E-state index in [1.807, 2.05) is 31.2 Å². The first kappa shape index (κ1) is 18.6. The molecular formula is C20H23N5O2S. The first-order chi connectivity index (χ1) is 13.5. The third-order valence-corrected chi connectivity index (χ3v) is 6.09. The summed E-state index contributed by atoms with van der Waals surface area (Å²) < 4.78 is 1.25. The molecule has 1 aliphatic heterocycles. The van der Waals surface area contributed by atoms with E-state index in [9.17, 15) is 9.59 Å². The first-order valence-electron chi connectivity index (χ1n) is 9.49. The molecule has 3 aromatic rings. The molecule has 7 nitrogen and oxygen atoms in total. The van der Waals surface area contributed by atoms with Crippen LogP contribution in [0.4, 0.5) is 5.13 Å². The average molecular weight is 398 g/mol. The molecule has 0 radical (unpaired) electrons. The van der Waals surface area contributed by atoms with Crippen molar-refractivity contribution in [2.45, 2.75) is 33.2 Å². The highest BCUT2D eigenvalue weighted by molar-refractivity contribution is 7.20. The molecule has 0 bridgehead atoms. The van der Waals surface area contributed by atoms with Crippen molar-refractivity contribution in [3.05, 3.63) is 57.5 Å². The van der Waals surface area contributed by atoms with E-state index in [0.29, 0.717) is 11.5 Å².